The fourth-order valence-electron chi connectivity index (χ4n) is 3.92. The Balaban J connectivity index is 1.58. The summed E-state index contributed by atoms with van der Waals surface area (Å²) in [5.41, 5.74) is 0.668. The first-order valence-electron chi connectivity index (χ1n) is 9.05. The lowest BCUT2D eigenvalue weighted by Gasteiger charge is -2.23. The van der Waals surface area contributed by atoms with Gasteiger partial charge in [0.15, 0.2) is 0 Å². The number of unbranched alkanes of at least 4 members (excludes halogenated alkanes) is 2. The van der Waals surface area contributed by atoms with E-state index in [1.807, 2.05) is 24.3 Å². The minimum absolute atomic E-state index is 0.0165. The molecule has 1 aromatic carbocycles. The van der Waals surface area contributed by atoms with Gasteiger partial charge in [0.2, 0.25) is 5.91 Å². The van der Waals surface area contributed by atoms with E-state index < -0.39 is 17.8 Å². The second-order valence-corrected chi connectivity index (χ2v) is 6.91. The van der Waals surface area contributed by atoms with Gasteiger partial charge in [-0.15, -0.1) is 0 Å². The van der Waals surface area contributed by atoms with Crippen LogP contribution >= 0.6 is 0 Å². The van der Waals surface area contributed by atoms with Crippen LogP contribution in [0.1, 0.15) is 32.6 Å². The van der Waals surface area contributed by atoms with E-state index in [0.29, 0.717) is 12.3 Å². The fourth-order valence-corrected chi connectivity index (χ4v) is 3.92. The first-order valence-corrected chi connectivity index (χ1v) is 9.05. The van der Waals surface area contributed by atoms with Crippen molar-refractivity contribution in [2.24, 2.45) is 23.7 Å². The van der Waals surface area contributed by atoms with Crippen LogP contribution < -0.4 is 10.1 Å². The lowest BCUT2D eigenvalue weighted by atomic mass is 9.82. The molecule has 1 aromatic rings. The predicted molar refractivity (Wildman–Crippen MR) is 95.4 cm³/mol. The average molecular weight is 343 g/mol. The van der Waals surface area contributed by atoms with Gasteiger partial charge in [0.1, 0.15) is 5.75 Å². The Bertz CT molecular complexity index is 652. The number of benzene rings is 1. The summed E-state index contributed by atoms with van der Waals surface area (Å²) in [5, 5.41) is 12.3. The van der Waals surface area contributed by atoms with E-state index in [9.17, 15) is 14.7 Å². The predicted octanol–water partition coefficient (Wildman–Crippen LogP) is 3.72. The summed E-state index contributed by atoms with van der Waals surface area (Å²) in [7, 11) is 0. The van der Waals surface area contributed by atoms with Crippen LogP contribution in [0.5, 0.6) is 5.75 Å². The molecule has 0 aromatic heterocycles. The normalized spacial score (nSPS) is 26.6. The minimum atomic E-state index is -0.882. The Kier molecular flexibility index (Phi) is 5.41. The summed E-state index contributed by atoms with van der Waals surface area (Å²) in [4.78, 5) is 24.1. The van der Waals surface area contributed by atoms with E-state index in [4.69, 9.17) is 4.74 Å². The quantitative estimate of drug-likeness (QED) is 0.557. The number of amides is 1. The summed E-state index contributed by atoms with van der Waals surface area (Å²) < 4.78 is 5.66. The third-order valence-corrected chi connectivity index (χ3v) is 5.19. The van der Waals surface area contributed by atoms with Crippen molar-refractivity contribution in [3.63, 3.8) is 0 Å². The molecule has 25 heavy (non-hydrogen) atoms. The van der Waals surface area contributed by atoms with Crippen LogP contribution in [0.2, 0.25) is 0 Å². The zero-order valence-electron chi connectivity index (χ0n) is 14.5. The number of carboxylic acid groups (broad SMARTS) is 1. The van der Waals surface area contributed by atoms with Gasteiger partial charge in [0, 0.05) is 5.69 Å². The molecule has 5 heteroatoms. The first kappa shape index (κ1) is 17.5. The van der Waals surface area contributed by atoms with Crippen molar-refractivity contribution >= 4 is 17.6 Å². The highest BCUT2D eigenvalue weighted by Crippen LogP contribution is 2.48. The molecule has 2 N–H and O–H groups in total. The maximum absolute atomic E-state index is 12.6. The van der Waals surface area contributed by atoms with E-state index in [0.717, 1.165) is 31.4 Å². The van der Waals surface area contributed by atoms with E-state index in [-0.39, 0.29) is 17.7 Å². The molecule has 134 valence electrons. The van der Waals surface area contributed by atoms with Crippen LogP contribution in [0, 0.1) is 23.7 Å². The van der Waals surface area contributed by atoms with Crippen molar-refractivity contribution < 1.29 is 19.4 Å². The van der Waals surface area contributed by atoms with Gasteiger partial charge in [-0.05, 0) is 48.9 Å². The number of carbonyl (C=O) groups is 2. The van der Waals surface area contributed by atoms with Crippen molar-refractivity contribution in [1.82, 2.24) is 0 Å². The third-order valence-electron chi connectivity index (χ3n) is 5.19. The molecule has 3 rings (SSSR count). The lowest BCUT2D eigenvalue weighted by Crippen LogP contribution is -2.36. The van der Waals surface area contributed by atoms with Crippen LogP contribution in [-0.4, -0.2) is 23.6 Å². The van der Waals surface area contributed by atoms with Gasteiger partial charge in [-0.25, -0.2) is 0 Å². The van der Waals surface area contributed by atoms with Gasteiger partial charge in [-0.1, -0.05) is 31.9 Å². The molecular formula is C20H25NO4. The van der Waals surface area contributed by atoms with Gasteiger partial charge in [-0.3, -0.25) is 9.59 Å². The Hall–Kier alpha value is -2.30. The molecule has 0 spiro atoms. The molecule has 2 aliphatic carbocycles. The smallest absolute Gasteiger partial charge is 0.307 e. The van der Waals surface area contributed by atoms with E-state index >= 15 is 0 Å². The molecule has 2 bridgehead atoms. The summed E-state index contributed by atoms with van der Waals surface area (Å²) in [6.45, 7) is 2.84. The van der Waals surface area contributed by atoms with Crippen LogP contribution in [0.25, 0.3) is 0 Å². The lowest BCUT2D eigenvalue weighted by molar-refractivity contribution is -0.146. The third kappa shape index (κ3) is 3.86. The molecule has 2 aliphatic rings. The second-order valence-electron chi connectivity index (χ2n) is 6.91. The number of ether oxygens (including phenoxy) is 1. The summed E-state index contributed by atoms with van der Waals surface area (Å²) in [6.07, 6.45) is 8.03. The Morgan fingerprint density at radius 2 is 1.80 bits per heavy atom. The van der Waals surface area contributed by atoms with Crippen molar-refractivity contribution in [1.29, 1.82) is 0 Å². The first-order chi connectivity index (χ1) is 12.1. The Morgan fingerprint density at radius 3 is 2.44 bits per heavy atom. The van der Waals surface area contributed by atoms with Crippen molar-refractivity contribution in [3.8, 4) is 5.75 Å². The topological polar surface area (TPSA) is 75.6 Å². The van der Waals surface area contributed by atoms with Crippen molar-refractivity contribution in [2.45, 2.75) is 32.6 Å². The van der Waals surface area contributed by atoms with Crippen molar-refractivity contribution in [2.75, 3.05) is 11.9 Å². The minimum Gasteiger partial charge on any atom is -0.494 e. The Morgan fingerprint density at radius 1 is 1.12 bits per heavy atom. The van der Waals surface area contributed by atoms with Crippen LogP contribution in [0.3, 0.4) is 0 Å². The molecule has 0 radical (unpaired) electrons. The van der Waals surface area contributed by atoms with Crippen LogP contribution in [0.4, 0.5) is 5.69 Å². The van der Waals surface area contributed by atoms with Gasteiger partial charge in [-0.2, -0.15) is 0 Å². The molecule has 0 saturated heterocycles. The zero-order chi connectivity index (χ0) is 17.8. The standard InChI is InChI=1S/C20H25NO4/c1-2-3-4-11-25-16-9-7-15(8-10-16)21-19(22)17-13-5-6-14(12-13)18(17)20(23)24/h5-10,13-14,17-18H,2-4,11-12H2,1H3,(H,21,22)(H,23,24)/t13-,14-,17-,18-/m0/s1. The maximum atomic E-state index is 12.6. The number of fused-ring (bicyclic) bond motifs is 2. The second kappa shape index (κ2) is 7.72. The highest BCUT2D eigenvalue weighted by atomic mass is 16.5. The van der Waals surface area contributed by atoms with Crippen LogP contribution in [-0.2, 0) is 9.59 Å². The van der Waals surface area contributed by atoms with E-state index in [1.54, 1.807) is 12.1 Å². The molecule has 0 aliphatic heterocycles. The number of hydrogen-bond donors (Lipinski definition) is 2. The van der Waals surface area contributed by atoms with Gasteiger partial charge < -0.3 is 15.2 Å². The number of rotatable bonds is 8. The number of carbonyl (C=O) groups excluding carboxylic acids is 1. The van der Waals surface area contributed by atoms with Gasteiger partial charge in [0.05, 0.1) is 18.4 Å². The highest BCUT2D eigenvalue weighted by Gasteiger charge is 2.51. The number of anilines is 1. The highest BCUT2D eigenvalue weighted by molar-refractivity contribution is 5.96. The number of aliphatic carboxylic acids is 1. The number of carboxylic acids is 1. The van der Waals surface area contributed by atoms with Gasteiger partial charge >= 0.3 is 5.97 Å². The molecular weight excluding hydrogens is 318 g/mol. The largest absolute Gasteiger partial charge is 0.494 e. The molecule has 1 fully saturated rings. The van der Waals surface area contributed by atoms with E-state index in [2.05, 4.69) is 12.2 Å². The van der Waals surface area contributed by atoms with Gasteiger partial charge in [0.25, 0.3) is 0 Å². The number of nitrogens with one attached hydrogen (secondary N) is 1. The Labute approximate surface area is 148 Å². The maximum Gasteiger partial charge on any atom is 0.307 e. The molecule has 1 amide bonds. The fraction of sp³-hybridized carbons (Fsp3) is 0.500. The summed E-state index contributed by atoms with van der Waals surface area (Å²) in [6, 6.07) is 7.26. The summed E-state index contributed by atoms with van der Waals surface area (Å²) in [5.74, 6) is -1.40. The van der Waals surface area contributed by atoms with Crippen molar-refractivity contribution in [3.05, 3.63) is 36.4 Å². The number of allylic oxidation sites excluding steroid dienone is 2. The van der Waals surface area contributed by atoms with Crippen LogP contribution in [0.15, 0.2) is 36.4 Å². The monoisotopic (exact) mass is 343 g/mol. The molecule has 0 heterocycles. The average Bonchev–Trinajstić information content (AvgIpc) is 3.21. The zero-order valence-corrected chi connectivity index (χ0v) is 14.5. The molecule has 1 saturated carbocycles. The number of hydrogen-bond acceptors (Lipinski definition) is 3. The molecule has 5 nitrogen and oxygen atoms in total. The SMILES string of the molecule is CCCCCOc1ccc(NC(=O)[C@@H]2[C@@H](C(=O)O)[C@H]3C=C[C@H]2C3)cc1. The molecule has 0 unspecified atom stereocenters. The van der Waals surface area contributed by atoms with E-state index in [1.165, 1.54) is 0 Å². The summed E-state index contributed by atoms with van der Waals surface area (Å²) >= 11 is 0. The molecule has 4 atom stereocenters.